The van der Waals surface area contributed by atoms with Crippen LogP contribution in [-0.2, 0) is 21.4 Å². The first-order valence-corrected chi connectivity index (χ1v) is 12.7. The number of anilines is 1. The van der Waals surface area contributed by atoms with Crippen LogP contribution in [-0.4, -0.2) is 38.3 Å². The van der Waals surface area contributed by atoms with E-state index < -0.39 is 10.0 Å². The molecule has 4 rings (SSSR count). The normalized spacial score (nSPS) is 14.0. The molecule has 0 unspecified atom stereocenters. The molecule has 0 aromatic heterocycles. The summed E-state index contributed by atoms with van der Waals surface area (Å²) in [6.07, 6.45) is 1.77. The van der Waals surface area contributed by atoms with Gasteiger partial charge in [0.05, 0.1) is 4.90 Å². The highest BCUT2D eigenvalue weighted by Gasteiger charge is 2.27. The molecular formula is C26H28N2O5S. The smallest absolute Gasteiger partial charge is 0.262 e. The Bertz CT molecular complexity index is 1220. The second kappa shape index (κ2) is 10.7. The summed E-state index contributed by atoms with van der Waals surface area (Å²) in [5, 5.41) is 2.78. The van der Waals surface area contributed by atoms with Gasteiger partial charge in [-0.25, -0.2) is 8.42 Å². The summed E-state index contributed by atoms with van der Waals surface area (Å²) in [7, 11) is -3.49. The van der Waals surface area contributed by atoms with Gasteiger partial charge in [-0.3, -0.25) is 4.79 Å². The van der Waals surface area contributed by atoms with Crippen LogP contribution in [0.15, 0.2) is 77.7 Å². The number of carbonyl (C=O) groups excluding carboxylic acids is 1. The molecule has 1 amide bonds. The van der Waals surface area contributed by atoms with E-state index in [9.17, 15) is 13.2 Å². The van der Waals surface area contributed by atoms with Gasteiger partial charge in [0.25, 0.3) is 5.91 Å². The Morgan fingerprint density at radius 2 is 1.65 bits per heavy atom. The van der Waals surface area contributed by atoms with E-state index in [-0.39, 0.29) is 17.4 Å². The second-order valence-electron chi connectivity index (χ2n) is 8.17. The van der Waals surface area contributed by atoms with E-state index >= 15 is 0 Å². The summed E-state index contributed by atoms with van der Waals surface area (Å²) in [5.74, 6) is 0.865. The van der Waals surface area contributed by atoms with E-state index in [1.54, 1.807) is 43.3 Å². The highest BCUT2D eigenvalue weighted by atomic mass is 32.2. The highest BCUT2D eigenvalue weighted by Crippen LogP contribution is 2.26. The maximum absolute atomic E-state index is 12.7. The number of hydrogen-bond donors (Lipinski definition) is 1. The van der Waals surface area contributed by atoms with Crippen LogP contribution in [0.1, 0.15) is 24.0 Å². The van der Waals surface area contributed by atoms with Crippen LogP contribution >= 0.6 is 0 Å². The molecule has 7 nitrogen and oxygen atoms in total. The van der Waals surface area contributed by atoms with Crippen molar-refractivity contribution in [1.29, 1.82) is 0 Å². The Kier molecular flexibility index (Phi) is 7.49. The molecule has 34 heavy (non-hydrogen) atoms. The van der Waals surface area contributed by atoms with Gasteiger partial charge >= 0.3 is 0 Å². The first kappa shape index (κ1) is 23.8. The summed E-state index contributed by atoms with van der Waals surface area (Å²) in [6, 6.07) is 21.7. The molecular weight excluding hydrogens is 452 g/mol. The summed E-state index contributed by atoms with van der Waals surface area (Å²) in [4.78, 5) is 12.6. The monoisotopic (exact) mass is 480 g/mol. The lowest BCUT2D eigenvalue weighted by Gasteiger charge is -2.17. The quantitative estimate of drug-likeness (QED) is 0.491. The molecule has 1 heterocycles. The number of aryl methyl sites for hydroxylation is 1. The minimum absolute atomic E-state index is 0.189. The first-order chi connectivity index (χ1) is 16.4. The van der Waals surface area contributed by atoms with Crippen LogP contribution in [0.2, 0.25) is 0 Å². The number of hydrogen-bond acceptors (Lipinski definition) is 5. The zero-order valence-electron chi connectivity index (χ0n) is 19.1. The van der Waals surface area contributed by atoms with Gasteiger partial charge in [-0.15, -0.1) is 0 Å². The third-order valence-corrected chi connectivity index (χ3v) is 7.49. The highest BCUT2D eigenvalue weighted by molar-refractivity contribution is 7.89. The summed E-state index contributed by atoms with van der Waals surface area (Å²) in [5.41, 5.74) is 2.37. The molecule has 1 fully saturated rings. The average Bonchev–Trinajstić information content (AvgIpc) is 3.40. The summed E-state index contributed by atoms with van der Waals surface area (Å²) in [6.45, 7) is 3.16. The summed E-state index contributed by atoms with van der Waals surface area (Å²) >= 11 is 0. The van der Waals surface area contributed by atoms with Crippen molar-refractivity contribution in [2.24, 2.45) is 0 Å². The van der Waals surface area contributed by atoms with Crippen molar-refractivity contribution in [3.8, 4) is 11.5 Å². The third kappa shape index (κ3) is 5.95. The van der Waals surface area contributed by atoms with Gasteiger partial charge in [0.2, 0.25) is 10.0 Å². The van der Waals surface area contributed by atoms with Crippen LogP contribution in [0.5, 0.6) is 11.5 Å². The van der Waals surface area contributed by atoms with E-state index in [2.05, 4.69) is 5.32 Å². The predicted molar refractivity (Wildman–Crippen MR) is 131 cm³/mol. The topological polar surface area (TPSA) is 84.9 Å². The maximum Gasteiger partial charge on any atom is 0.262 e. The van der Waals surface area contributed by atoms with Crippen molar-refractivity contribution >= 4 is 21.6 Å². The van der Waals surface area contributed by atoms with Gasteiger partial charge < -0.3 is 14.8 Å². The standard InChI is InChI=1S/C26H28N2O5S/c1-20-17-24(34(30,31)28-15-5-6-16-28)13-14-25(20)33-19-26(29)27-22-9-11-23(12-10-22)32-18-21-7-3-2-4-8-21/h2-4,7-14,17H,5-6,15-16,18-19H2,1H3,(H,27,29). The predicted octanol–water partition coefficient (Wildman–Crippen LogP) is 4.38. The molecule has 0 aliphatic carbocycles. The van der Waals surface area contributed by atoms with E-state index in [4.69, 9.17) is 9.47 Å². The molecule has 3 aromatic rings. The van der Waals surface area contributed by atoms with Gasteiger partial charge in [0, 0.05) is 18.8 Å². The number of benzene rings is 3. The molecule has 1 N–H and O–H groups in total. The number of carbonyl (C=O) groups is 1. The fourth-order valence-electron chi connectivity index (χ4n) is 3.74. The number of nitrogens with zero attached hydrogens (tertiary/aromatic N) is 1. The number of ether oxygens (including phenoxy) is 2. The number of nitrogens with one attached hydrogen (secondary N) is 1. The van der Waals surface area contributed by atoms with Gasteiger partial charge in [-0.1, -0.05) is 30.3 Å². The van der Waals surface area contributed by atoms with Crippen molar-refractivity contribution in [3.05, 3.63) is 83.9 Å². The Balaban J connectivity index is 1.28. The fraction of sp³-hybridized carbons (Fsp3) is 0.269. The Labute approximate surface area is 200 Å². The minimum atomic E-state index is -3.49. The number of rotatable bonds is 9. The van der Waals surface area contributed by atoms with Crippen molar-refractivity contribution in [3.63, 3.8) is 0 Å². The largest absolute Gasteiger partial charge is 0.489 e. The molecule has 1 aliphatic heterocycles. The Morgan fingerprint density at radius 3 is 2.32 bits per heavy atom. The molecule has 0 spiro atoms. The van der Waals surface area contributed by atoms with Gasteiger partial charge in [0.15, 0.2) is 6.61 Å². The minimum Gasteiger partial charge on any atom is -0.489 e. The maximum atomic E-state index is 12.7. The molecule has 1 saturated heterocycles. The van der Waals surface area contributed by atoms with Crippen molar-refractivity contribution < 1.29 is 22.7 Å². The molecule has 0 bridgehead atoms. The Hall–Kier alpha value is -3.36. The van der Waals surface area contributed by atoms with Crippen molar-refractivity contribution in [1.82, 2.24) is 4.31 Å². The number of sulfonamides is 1. The first-order valence-electron chi connectivity index (χ1n) is 11.2. The van der Waals surface area contributed by atoms with E-state index in [0.29, 0.717) is 42.4 Å². The molecule has 8 heteroatoms. The lowest BCUT2D eigenvalue weighted by atomic mass is 10.2. The van der Waals surface area contributed by atoms with Gasteiger partial charge in [0.1, 0.15) is 18.1 Å². The third-order valence-electron chi connectivity index (χ3n) is 5.59. The zero-order valence-corrected chi connectivity index (χ0v) is 19.9. The molecule has 0 saturated carbocycles. The van der Waals surface area contributed by atoms with Crippen LogP contribution < -0.4 is 14.8 Å². The molecule has 3 aromatic carbocycles. The SMILES string of the molecule is Cc1cc(S(=O)(=O)N2CCCC2)ccc1OCC(=O)Nc1ccc(OCc2ccccc2)cc1. The van der Waals surface area contributed by atoms with E-state index in [0.717, 1.165) is 18.4 Å². The zero-order chi connectivity index (χ0) is 24.0. The van der Waals surface area contributed by atoms with Crippen LogP contribution in [0.4, 0.5) is 5.69 Å². The number of amides is 1. The fourth-order valence-corrected chi connectivity index (χ4v) is 5.34. The lowest BCUT2D eigenvalue weighted by molar-refractivity contribution is -0.118. The van der Waals surface area contributed by atoms with Crippen LogP contribution in [0, 0.1) is 6.92 Å². The molecule has 0 radical (unpaired) electrons. The second-order valence-corrected chi connectivity index (χ2v) is 10.1. The van der Waals surface area contributed by atoms with Crippen molar-refractivity contribution in [2.45, 2.75) is 31.3 Å². The van der Waals surface area contributed by atoms with Crippen molar-refractivity contribution in [2.75, 3.05) is 25.0 Å². The Morgan fingerprint density at radius 1 is 0.941 bits per heavy atom. The average molecular weight is 481 g/mol. The molecule has 0 atom stereocenters. The molecule has 178 valence electrons. The van der Waals surface area contributed by atoms with Crippen LogP contribution in [0.25, 0.3) is 0 Å². The van der Waals surface area contributed by atoms with Gasteiger partial charge in [-0.05, 0) is 73.4 Å². The van der Waals surface area contributed by atoms with E-state index in [1.807, 2.05) is 30.3 Å². The molecule has 1 aliphatic rings. The lowest BCUT2D eigenvalue weighted by Crippen LogP contribution is -2.27. The summed E-state index contributed by atoms with van der Waals surface area (Å²) < 4.78 is 38.3. The van der Waals surface area contributed by atoms with E-state index in [1.165, 1.54) is 10.4 Å². The van der Waals surface area contributed by atoms with Crippen LogP contribution in [0.3, 0.4) is 0 Å². The van der Waals surface area contributed by atoms with Gasteiger partial charge in [-0.2, -0.15) is 4.31 Å².